The van der Waals surface area contributed by atoms with Crippen molar-refractivity contribution in [1.82, 2.24) is 5.32 Å². The number of carbonyl (C=O) groups excluding carboxylic acids is 1. The van der Waals surface area contributed by atoms with E-state index in [1.165, 1.54) is 17.7 Å². The van der Waals surface area contributed by atoms with Gasteiger partial charge in [-0.05, 0) is 53.2 Å². The molecule has 1 aliphatic rings. The molecule has 0 saturated heterocycles. The summed E-state index contributed by atoms with van der Waals surface area (Å²) in [6, 6.07) is 4.10. The van der Waals surface area contributed by atoms with Crippen LogP contribution in [0.25, 0.3) is 0 Å². The Morgan fingerprint density at radius 1 is 1.42 bits per heavy atom. The number of thiophene rings is 1. The number of amides is 1. The molecule has 1 aromatic rings. The number of hydrogen-bond donors (Lipinski definition) is 1. The van der Waals surface area contributed by atoms with E-state index >= 15 is 0 Å². The van der Waals surface area contributed by atoms with Crippen molar-refractivity contribution < 1.29 is 4.79 Å². The van der Waals surface area contributed by atoms with Gasteiger partial charge in [0, 0.05) is 10.3 Å². The molecule has 1 saturated carbocycles. The Hall–Kier alpha value is -0.350. The molecule has 0 radical (unpaired) electrons. The van der Waals surface area contributed by atoms with E-state index < -0.39 is 0 Å². The standard InChI is InChI=1S/C15H22BrNOS/c1-11(2)9-15(7-3-4-8-15)14(18)17-10-12-5-6-13(16)19-12/h5-6,11H,3-4,7-10H2,1-2H3,(H,17,18). The van der Waals surface area contributed by atoms with Crippen molar-refractivity contribution >= 4 is 33.2 Å². The van der Waals surface area contributed by atoms with Crippen LogP contribution in [-0.2, 0) is 11.3 Å². The van der Waals surface area contributed by atoms with E-state index in [4.69, 9.17) is 0 Å². The molecule has 1 heterocycles. The summed E-state index contributed by atoms with van der Waals surface area (Å²) < 4.78 is 1.12. The van der Waals surface area contributed by atoms with E-state index in [0.717, 1.165) is 23.0 Å². The van der Waals surface area contributed by atoms with Gasteiger partial charge in [-0.25, -0.2) is 0 Å². The monoisotopic (exact) mass is 343 g/mol. The summed E-state index contributed by atoms with van der Waals surface area (Å²) in [5, 5.41) is 3.15. The number of carbonyl (C=O) groups is 1. The second kappa shape index (κ2) is 6.40. The molecule has 1 N–H and O–H groups in total. The zero-order chi connectivity index (χ0) is 13.9. The maximum absolute atomic E-state index is 12.6. The van der Waals surface area contributed by atoms with Gasteiger partial charge in [-0.3, -0.25) is 4.79 Å². The topological polar surface area (TPSA) is 29.1 Å². The minimum Gasteiger partial charge on any atom is -0.351 e. The molecular weight excluding hydrogens is 322 g/mol. The van der Waals surface area contributed by atoms with E-state index in [9.17, 15) is 4.79 Å². The van der Waals surface area contributed by atoms with E-state index in [-0.39, 0.29) is 11.3 Å². The third-order valence-corrected chi connectivity index (χ3v) is 5.52. The van der Waals surface area contributed by atoms with Crippen LogP contribution in [0.3, 0.4) is 0 Å². The molecule has 2 rings (SSSR count). The predicted molar refractivity (Wildman–Crippen MR) is 84.2 cm³/mol. The van der Waals surface area contributed by atoms with Gasteiger partial charge in [0.1, 0.15) is 0 Å². The maximum Gasteiger partial charge on any atom is 0.226 e. The molecule has 0 aliphatic heterocycles. The number of rotatable bonds is 5. The summed E-state index contributed by atoms with van der Waals surface area (Å²) in [5.74, 6) is 0.850. The Bertz CT molecular complexity index is 435. The van der Waals surface area contributed by atoms with Crippen LogP contribution >= 0.6 is 27.3 Å². The highest BCUT2D eigenvalue weighted by molar-refractivity contribution is 9.11. The van der Waals surface area contributed by atoms with Gasteiger partial charge in [-0.2, -0.15) is 0 Å². The minimum atomic E-state index is -0.0946. The van der Waals surface area contributed by atoms with Crippen molar-refractivity contribution in [3.05, 3.63) is 20.8 Å². The van der Waals surface area contributed by atoms with Gasteiger partial charge >= 0.3 is 0 Å². The molecule has 1 aliphatic carbocycles. The Morgan fingerprint density at radius 3 is 2.63 bits per heavy atom. The third kappa shape index (κ3) is 3.82. The molecule has 4 heteroatoms. The molecule has 1 amide bonds. The van der Waals surface area contributed by atoms with Crippen molar-refractivity contribution in [2.24, 2.45) is 11.3 Å². The van der Waals surface area contributed by atoms with Crippen LogP contribution in [-0.4, -0.2) is 5.91 Å². The van der Waals surface area contributed by atoms with Crippen LogP contribution in [0.1, 0.15) is 50.8 Å². The lowest BCUT2D eigenvalue weighted by molar-refractivity contribution is -0.132. The molecule has 0 unspecified atom stereocenters. The van der Waals surface area contributed by atoms with Gasteiger partial charge in [-0.15, -0.1) is 11.3 Å². The van der Waals surface area contributed by atoms with Gasteiger partial charge in [0.05, 0.1) is 10.3 Å². The summed E-state index contributed by atoms with van der Waals surface area (Å²) in [5.41, 5.74) is -0.0946. The van der Waals surface area contributed by atoms with Crippen molar-refractivity contribution in [3.8, 4) is 0 Å². The van der Waals surface area contributed by atoms with Crippen LogP contribution < -0.4 is 5.32 Å². The molecule has 1 aromatic heterocycles. The molecule has 0 atom stereocenters. The van der Waals surface area contributed by atoms with Crippen molar-refractivity contribution in [1.29, 1.82) is 0 Å². The largest absolute Gasteiger partial charge is 0.351 e. The highest BCUT2D eigenvalue weighted by atomic mass is 79.9. The molecule has 19 heavy (non-hydrogen) atoms. The molecule has 0 spiro atoms. The SMILES string of the molecule is CC(C)CC1(C(=O)NCc2ccc(Br)s2)CCCC1. The number of halogens is 1. The Kier molecular flexibility index (Phi) is 5.07. The second-order valence-electron chi connectivity index (χ2n) is 5.97. The Balaban J connectivity index is 1.96. The van der Waals surface area contributed by atoms with Gasteiger partial charge in [0.15, 0.2) is 0 Å². The molecule has 2 nitrogen and oxygen atoms in total. The van der Waals surface area contributed by atoms with Crippen LogP contribution in [0.2, 0.25) is 0 Å². The number of nitrogens with one attached hydrogen (secondary N) is 1. The molecule has 106 valence electrons. The van der Waals surface area contributed by atoms with E-state index in [1.807, 2.05) is 6.07 Å². The van der Waals surface area contributed by atoms with Gasteiger partial charge in [-0.1, -0.05) is 26.7 Å². The van der Waals surface area contributed by atoms with Crippen LogP contribution in [0.5, 0.6) is 0 Å². The Labute approximate surface area is 128 Å². The lowest BCUT2D eigenvalue weighted by Crippen LogP contribution is -2.39. The van der Waals surface area contributed by atoms with E-state index in [2.05, 4.69) is 41.2 Å². The van der Waals surface area contributed by atoms with Gasteiger partial charge in [0.2, 0.25) is 5.91 Å². The smallest absolute Gasteiger partial charge is 0.226 e. The fourth-order valence-electron chi connectivity index (χ4n) is 3.16. The van der Waals surface area contributed by atoms with E-state index in [1.54, 1.807) is 11.3 Å². The van der Waals surface area contributed by atoms with Crippen LogP contribution in [0.15, 0.2) is 15.9 Å². The quantitative estimate of drug-likeness (QED) is 0.822. The summed E-state index contributed by atoms with van der Waals surface area (Å²) in [6.45, 7) is 5.09. The van der Waals surface area contributed by atoms with Crippen molar-refractivity contribution in [2.45, 2.75) is 52.5 Å². The molecule has 0 aromatic carbocycles. The molecular formula is C15H22BrNOS. The summed E-state index contributed by atoms with van der Waals surface area (Å²) in [7, 11) is 0. The zero-order valence-electron chi connectivity index (χ0n) is 11.7. The summed E-state index contributed by atoms with van der Waals surface area (Å²) in [6.07, 6.45) is 5.54. The average molecular weight is 344 g/mol. The highest BCUT2D eigenvalue weighted by Gasteiger charge is 2.41. The molecule has 1 fully saturated rings. The fraction of sp³-hybridized carbons (Fsp3) is 0.667. The lowest BCUT2D eigenvalue weighted by Gasteiger charge is -2.29. The van der Waals surface area contributed by atoms with Crippen molar-refractivity contribution in [2.75, 3.05) is 0 Å². The number of hydrogen-bond acceptors (Lipinski definition) is 2. The normalized spacial score (nSPS) is 17.9. The first-order chi connectivity index (χ1) is 9.02. The second-order valence-corrected chi connectivity index (χ2v) is 8.52. The first kappa shape index (κ1) is 15.0. The van der Waals surface area contributed by atoms with Gasteiger partial charge in [0.25, 0.3) is 0 Å². The predicted octanol–water partition coefficient (Wildman–Crippen LogP) is 4.73. The van der Waals surface area contributed by atoms with Crippen molar-refractivity contribution in [3.63, 3.8) is 0 Å². The maximum atomic E-state index is 12.6. The summed E-state index contributed by atoms with van der Waals surface area (Å²) >= 11 is 5.14. The first-order valence-corrected chi connectivity index (χ1v) is 8.65. The zero-order valence-corrected chi connectivity index (χ0v) is 14.1. The average Bonchev–Trinajstić information content (AvgIpc) is 2.95. The summed E-state index contributed by atoms with van der Waals surface area (Å²) in [4.78, 5) is 13.8. The van der Waals surface area contributed by atoms with E-state index in [0.29, 0.717) is 12.5 Å². The van der Waals surface area contributed by atoms with Crippen LogP contribution in [0.4, 0.5) is 0 Å². The first-order valence-electron chi connectivity index (χ1n) is 7.04. The Morgan fingerprint density at radius 2 is 2.11 bits per heavy atom. The fourth-order valence-corrected chi connectivity index (χ4v) is 4.58. The van der Waals surface area contributed by atoms with Gasteiger partial charge < -0.3 is 5.32 Å². The van der Waals surface area contributed by atoms with Crippen LogP contribution in [0, 0.1) is 11.3 Å². The third-order valence-electron chi connectivity index (χ3n) is 3.89. The lowest BCUT2D eigenvalue weighted by atomic mass is 9.77. The minimum absolute atomic E-state index is 0.0946. The highest BCUT2D eigenvalue weighted by Crippen LogP contribution is 2.43. The molecule has 0 bridgehead atoms.